The van der Waals surface area contributed by atoms with Crippen LogP contribution in [0, 0.1) is 0 Å². The zero-order chi connectivity index (χ0) is 6.85. The van der Waals surface area contributed by atoms with Gasteiger partial charge in [0.25, 0.3) is 0 Å². The predicted octanol–water partition coefficient (Wildman–Crippen LogP) is 1.35. The average Bonchev–Trinajstić information content (AvgIpc) is 2.13. The van der Waals surface area contributed by atoms with Gasteiger partial charge in [0, 0.05) is 11.8 Å². The van der Waals surface area contributed by atoms with E-state index in [2.05, 4.69) is 24.5 Å². The summed E-state index contributed by atoms with van der Waals surface area (Å²) in [4.78, 5) is 0. The summed E-state index contributed by atoms with van der Waals surface area (Å²) in [5.41, 5.74) is 0. The van der Waals surface area contributed by atoms with Crippen molar-refractivity contribution in [2.45, 2.75) is 19.1 Å². The van der Waals surface area contributed by atoms with Crippen LogP contribution in [0.15, 0.2) is 0 Å². The van der Waals surface area contributed by atoms with Gasteiger partial charge < -0.3 is 5.32 Å². The van der Waals surface area contributed by atoms with Gasteiger partial charge in [-0.15, -0.1) is 10.5 Å². The molecule has 0 aliphatic carbocycles. The molecule has 1 unspecified atom stereocenters. The molecule has 9 heavy (non-hydrogen) atoms. The third kappa shape index (κ3) is 1.52. The van der Waals surface area contributed by atoms with Crippen molar-refractivity contribution in [3.63, 3.8) is 0 Å². The summed E-state index contributed by atoms with van der Waals surface area (Å²) in [6, 6.07) is 0. The molecule has 0 aromatic heterocycles. The van der Waals surface area contributed by atoms with Gasteiger partial charge in [0.1, 0.15) is 4.32 Å². The Balaban J connectivity index is 2.68. The molecule has 0 spiro atoms. The summed E-state index contributed by atoms with van der Waals surface area (Å²) < 4.78 is 1.05. The summed E-state index contributed by atoms with van der Waals surface area (Å²) in [5.74, 6) is 0. The van der Waals surface area contributed by atoms with Crippen LogP contribution >= 0.6 is 22.7 Å². The molecule has 0 radical (unpaired) electrons. The standard InChI is InChI=1S/C6H11NS2/c1-5(2)9-4-3-7-6(9)8/h4-5H,3H2,1-2H3,(H,7,8). The number of rotatable bonds is 1. The lowest BCUT2D eigenvalue weighted by Gasteiger charge is -2.06. The van der Waals surface area contributed by atoms with Crippen molar-refractivity contribution in [1.82, 2.24) is 5.32 Å². The summed E-state index contributed by atoms with van der Waals surface area (Å²) >= 11 is 5.09. The first-order chi connectivity index (χ1) is 4.22. The Morgan fingerprint density at radius 2 is 2.44 bits per heavy atom. The molecule has 1 N–H and O–H groups in total. The number of hydrogen-bond donors (Lipinski definition) is 1. The van der Waals surface area contributed by atoms with E-state index in [0.29, 0.717) is 5.25 Å². The first-order valence-electron chi connectivity index (χ1n) is 3.05. The van der Waals surface area contributed by atoms with E-state index in [1.165, 1.54) is 0 Å². The normalized spacial score (nSPS) is 26.1. The van der Waals surface area contributed by atoms with Crippen LogP contribution in [0.25, 0.3) is 0 Å². The van der Waals surface area contributed by atoms with Crippen LogP contribution in [0.5, 0.6) is 0 Å². The van der Waals surface area contributed by atoms with Gasteiger partial charge in [-0.3, -0.25) is 0 Å². The topological polar surface area (TPSA) is 12.0 Å². The van der Waals surface area contributed by atoms with Crippen LogP contribution in [0.1, 0.15) is 13.8 Å². The summed E-state index contributed by atoms with van der Waals surface area (Å²) in [5, 5.41) is 6.10. The van der Waals surface area contributed by atoms with Crippen LogP contribution in [0.4, 0.5) is 0 Å². The summed E-state index contributed by atoms with van der Waals surface area (Å²) in [6.07, 6.45) is 0. The van der Waals surface area contributed by atoms with Crippen molar-refractivity contribution >= 4 is 32.4 Å². The highest BCUT2D eigenvalue weighted by molar-refractivity contribution is 8.35. The van der Waals surface area contributed by atoms with Gasteiger partial charge in [-0.1, -0.05) is 26.1 Å². The van der Waals surface area contributed by atoms with Crippen molar-refractivity contribution in [3.05, 3.63) is 0 Å². The highest BCUT2D eigenvalue weighted by atomic mass is 32.2. The van der Waals surface area contributed by atoms with E-state index in [4.69, 9.17) is 12.2 Å². The van der Waals surface area contributed by atoms with Gasteiger partial charge in [0.15, 0.2) is 0 Å². The average molecular weight is 161 g/mol. The van der Waals surface area contributed by atoms with Crippen molar-refractivity contribution in [2.75, 3.05) is 6.54 Å². The molecular weight excluding hydrogens is 150 g/mol. The Labute approximate surface area is 63.8 Å². The van der Waals surface area contributed by atoms with Gasteiger partial charge in [0.05, 0.1) is 0 Å². The number of nitrogens with one attached hydrogen (secondary N) is 1. The summed E-state index contributed by atoms with van der Waals surface area (Å²) in [7, 11) is 0.272. The maximum atomic E-state index is 5.09. The molecule has 1 nitrogen and oxygen atoms in total. The molecule has 0 saturated carbocycles. The molecule has 1 rings (SSSR count). The maximum Gasteiger partial charge on any atom is 0.128 e. The Bertz CT molecular complexity index is 160. The van der Waals surface area contributed by atoms with Crippen molar-refractivity contribution in [1.29, 1.82) is 0 Å². The Morgan fingerprint density at radius 1 is 1.78 bits per heavy atom. The minimum Gasteiger partial charge on any atom is -0.367 e. The largest absolute Gasteiger partial charge is 0.367 e. The van der Waals surface area contributed by atoms with E-state index >= 15 is 0 Å². The first-order valence-corrected chi connectivity index (χ1v) is 4.81. The third-order valence-corrected chi connectivity index (χ3v) is 4.07. The molecule has 0 bridgehead atoms. The second-order valence-electron chi connectivity index (χ2n) is 2.26. The van der Waals surface area contributed by atoms with E-state index in [9.17, 15) is 0 Å². The van der Waals surface area contributed by atoms with Crippen LogP contribution in [-0.4, -0.2) is 21.5 Å². The second-order valence-corrected chi connectivity index (χ2v) is 5.35. The lowest BCUT2D eigenvalue weighted by atomic mass is 10.6. The molecule has 0 fully saturated rings. The van der Waals surface area contributed by atoms with Gasteiger partial charge >= 0.3 is 0 Å². The highest BCUT2D eigenvalue weighted by Gasteiger charge is 2.10. The minimum atomic E-state index is 0.272. The van der Waals surface area contributed by atoms with Gasteiger partial charge in [0.2, 0.25) is 0 Å². The van der Waals surface area contributed by atoms with Gasteiger partial charge in [-0.25, -0.2) is 0 Å². The molecule has 1 atom stereocenters. The quantitative estimate of drug-likeness (QED) is 0.583. The lowest BCUT2D eigenvalue weighted by Crippen LogP contribution is -2.14. The minimum absolute atomic E-state index is 0.272. The zero-order valence-electron chi connectivity index (χ0n) is 5.68. The van der Waals surface area contributed by atoms with Gasteiger partial charge in [-0.2, -0.15) is 0 Å². The molecule has 0 aromatic rings. The molecule has 0 amide bonds. The molecule has 52 valence electrons. The van der Waals surface area contributed by atoms with Crippen molar-refractivity contribution in [3.8, 4) is 0 Å². The third-order valence-electron chi connectivity index (χ3n) is 1.23. The Hall–Kier alpha value is 0.110. The van der Waals surface area contributed by atoms with E-state index < -0.39 is 0 Å². The summed E-state index contributed by atoms with van der Waals surface area (Å²) in [6.45, 7) is 5.39. The highest BCUT2D eigenvalue weighted by Crippen LogP contribution is 2.22. The van der Waals surface area contributed by atoms with Crippen LogP contribution in [0.2, 0.25) is 0 Å². The second kappa shape index (κ2) is 2.80. The van der Waals surface area contributed by atoms with E-state index in [1.54, 1.807) is 0 Å². The maximum absolute atomic E-state index is 5.09. The molecule has 0 aromatic carbocycles. The van der Waals surface area contributed by atoms with E-state index in [0.717, 1.165) is 10.9 Å². The fourth-order valence-corrected chi connectivity index (χ4v) is 3.12. The smallest absolute Gasteiger partial charge is 0.128 e. The zero-order valence-corrected chi connectivity index (χ0v) is 7.31. The Kier molecular flexibility index (Phi) is 2.24. The van der Waals surface area contributed by atoms with Crippen molar-refractivity contribution in [2.24, 2.45) is 0 Å². The van der Waals surface area contributed by atoms with Crippen LogP contribution < -0.4 is 5.32 Å². The monoisotopic (exact) mass is 161 g/mol. The molecule has 1 aliphatic rings. The molecule has 1 heterocycles. The van der Waals surface area contributed by atoms with E-state index in [1.807, 2.05) is 0 Å². The first kappa shape index (κ1) is 7.22. The fourth-order valence-electron chi connectivity index (χ4n) is 0.780. The van der Waals surface area contributed by atoms with Crippen LogP contribution in [-0.2, 0) is 0 Å². The SMILES string of the molecule is CC(C)S1=CCNC1=S. The van der Waals surface area contributed by atoms with E-state index in [-0.39, 0.29) is 10.5 Å². The lowest BCUT2D eigenvalue weighted by molar-refractivity contribution is 1.12. The molecular formula is C6H11NS2. The molecule has 3 heteroatoms. The Morgan fingerprint density at radius 3 is 2.67 bits per heavy atom. The number of hydrogen-bond acceptors (Lipinski definition) is 1. The predicted molar refractivity (Wildman–Crippen MR) is 49.4 cm³/mol. The van der Waals surface area contributed by atoms with Crippen LogP contribution in [0.3, 0.4) is 0 Å². The number of thiocarbonyl (C=S) groups is 1. The fraction of sp³-hybridized carbons (Fsp3) is 0.667. The molecule has 0 saturated heterocycles. The van der Waals surface area contributed by atoms with Gasteiger partial charge in [-0.05, 0) is 5.37 Å². The van der Waals surface area contributed by atoms with Crippen molar-refractivity contribution < 1.29 is 0 Å². The molecule has 1 aliphatic heterocycles.